The minimum absolute atomic E-state index is 0.107. The zero-order chi connectivity index (χ0) is 17.1. The van der Waals surface area contributed by atoms with Crippen molar-refractivity contribution in [2.75, 3.05) is 0 Å². The van der Waals surface area contributed by atoms with E-state index in [0.717, 1.165) is 28.2 Å². The number of nitrogens with zero attached hydrogens (tertiary/aromatic N) is 2. The second-order valence-corrected chi connectivity index (χ2v) is 5.64. The van der Waals surface area contributed by atoms with Gasteiger partial charge >= 0.3 is 5.97 Å². The van der Waals surface area contributed by atoms with Gasteiger partial charge in [0.15, 0.2) is 5.11 Å². The number of nitrogens with one attached hydrogen (secondary N) is 1. The number of hydrogen-bond donors (Lipinski definition) is 3. The SMILES string of the molecule is Cc1cc(C(=O)O)ccc1-n1c(C)cc(C=NNC(N)=S)c1C. The Morgan fingerprint density at radius 1 is 1.35 bits per heavy atom. The fourth-order valence-electron chi connectivity index (χ4n) is 2.49. The summed E-state index contributed by atoms with van der Waals surface area (Å²) >= 11 is 4.70. The Kier molecular flexibility index (Phi) is 4.80. The average molecular weight is 330 g/mol. The van der Waals surface area contributed by atoms with Gasteiger partial charge in [0.25, 0.3) is 0 Å². The van der Waals surface area contributed by atoms with Crippen molar-refractivity contribution in [3.05, 3.63) is 52.3 Å². The first-order chi connectivity index (χ1) is 10.8. The van der Waals surface area contributed by atoms with E-state index in [9.17, 15) is 4.79 Å². The predicted molar refractivity (Wildman–Crippen MR) is 94.5 cm³/mol. The molecular weight excluding hydrogens is 312 g/mol. The molecule has 23 heavy (non-hydrogen) atoms. The summed E-state index contributed by atoms with van der Waals surface area (Å²) in [7, 11) is 0. The van der Waals surface area contributed by atoms with E-state index in [1.165, 1.54) is 0 Å². The monoisotopic (exact) mass is 330 g/mol. The van der Waals surface area contributed by atoms with Gasteiger partial charge in [-0.05, 0) is 62.8 Å². The molecule has 1 aromatic heterocycles. The molecule has 7 heteroatoms. The zero-order valence-corrected chi connectivity index (χ0v) is 13.9. The van der Waals surface area contributed by atoms with Gasteiger partial charge in [0.1, 0.15) is 0 Å². The van der Waals surface area contributed by atoms with Crippen LogP contribution in [0.4, 0.5) is 0 Å². The van der Waals surface area contributed by atoms with Crippen LogP contribution in [0.1, 0.15) is 32.9 Å². The molecule has 0 unspecified atom stereocenters. The number of aryl methyl sites for hydroxylation is 2. The number of hydrazone groups is 1. The molecule has 1 heterocycles. The maximum absolute atomic E-state index is 11.1. The minimum atomic E-state index is -0.933. The second kappa shape index (κ2) is 6.62. The molecule has 0 spiro atoms. The first-order valence-electron chi connectivity index (χ1n) is 6.93. The maximum atomic E-state index is 11.1. The summed E-state index contributed by atoms with van der Waals surface area (Å²) in [6, 6.07) is 7.07. The van der Waals surface area contributed by atoms with E-state index in [-0.39, 0.29) is 10.7 Å². The zero-order valence-electron chi connectivity index (χ0n) is 13.1. The van der Waals surface area contributed by atoms with Crippen LogP contribution in [-0.4, -0.2) is 27.0 Å². The summed E-state index contributed by atoms with van der Waals surface area (Å²) in [6.45, 7) is 5.85. The highest BCUT2D eigenvalue weighted by atomic mass is 32.1. The third kappa shape index (κ3) is 3.57. The van der Waals surface area contributed by atoms with Gasteiger partial charge in [-0.3, -0.25) is 5.43 Å². The van der Waals surface area contributed by atoms with Crippen LogP contribution < -0.4 is 11.2 Å². The third-order valence-corrected chi connectivity index (χ3v) is 3.62. The summed E-state index contributed by atoms with van der Waals surface area (Å²) in [5.74, 6) is -0.933. The standard InChI is InChI=1S/C16H18N4O2S/c1-9-6-12(15(21)22)4-5-14(9)20-10(2)7-13(11(20)3)8-18-19-16(17)23/h4-8H,1-3H3,(H,21,22)(H3,17,19,23). The normalized spacial score (nSPS) is 10.9. The Hall–Kier alpha value is -2.67. The van der Waals surface area contributed by atoms with Crippen molar-refractivity contribution < 1.29 is 9.90 Å². The van der Waals surface area contributed by atoms with Crippen molar-refractivity contribution in [2.24, 2.45) is 10.8 Å². The Labute approximate surface area is 139 Å². The predicted octanol–water partition coefficient (Wildman–Crippen LogP) is 2.27. The molecule has 0 saturated carbocycles. The van der Waals surface area contributed by atoms with Crippen molar-refractivity contribution in [1.29, 1.82) is 0 Å². The van der Waals surface area contributed by atoms with E-state index in [4.69, 9.17) is 23.1 Å². The number of carbonyl (C=O) groups is 1. The van der Waals surface area contributed by atoms with Gasteiger partial charge in [0, 0.05) is 22.6 Å². The molecule has 0 radical (unpaired) electrons. The van der Waals surface area contributed by atoms with E-state index >= 15 is 0 Å². The number of aromatic carboxylic acids is 1. The quantitative estimate of drug-likeness (QED) is 0.454. The fourth-order valence-corrected chi connectivity index (χ4v) is 2.55. The molecule has 0 aliphatic heterocycles. The average Bonchev–Trinajstić information content (AvgIpc) is 2.73. The van der Waals surface area contributed by atoms with Crippen molar-refractivity contribution in [1.82, 2.24) is 9.99 Å². The smallest absolute Gasteiger partial charge is 0.335 e. The Morgan fingerprint density at radius 3 is 2.61 bits per heavy atom. The molecule has 4 N–H and O–H groups in total. The largest absolute Gasteiger partial charge is 0.478 e. The van der Waals surface area contributed by atoms with Crippen LogP contribution in [0.25, 0.3) is 5.69 Å². The summed E-state index contributed by atoms with van der Waals surface area (Å²) in [5, 5.41) is 13.2. The fraction of sp³-hybridized carbons (Fsp3) is 0.188. The molecule has 0 aliphatic rings. The van der Waals surface area contributed by atoms with Crippen LogP contribution in [-0.2, 0) is 0 Å². The molecule has 0 saturated heterocycles. The van der Waals surface area contributed by atoms with Crippen LogP contribution in [0.3, 0.4) is 0 Å². The molecule has 0 amide bonds. The van der Waals surface area contributed by atoms with E-state index in [1.54, 1.807) is 18.3 Å². The molecule has 2 rings (SSSR count). The van der Waals surface area contributed by atoms with Gasteiger partial charge in [0.05, 0.1) is 11.8 Å². The molecule has 120 valence electrons. The maximum Gasteiger partial charge on any atom is 0.335 e. The number of carboxylic acids is 1. The Balaban J connectivity index is 2.45. The highest BCUT2D eigenvalue weighted by Gasteiger charge is 2.13. The highest BCUT2D eigenvalue weighted by molar-refractivity contribution is 7.80. The number of benzene rings is 1. The molecular formula is C16H18N4O2S. The number of hydrogen-bond acceptors (Lipinski definition) is 3. The van der Waals surface area contributed by atoms with Crippen LogP contribution in [0.2, 0.25) is 0 Å². The first kappa shape index (κ1) is 16.7. The van der Waals surface area contributed by atoms with Crippen LogP contribution >= 0.6 is 12.2 Å². The van der Waals surface area contributed by atoms with Gasteiger partial charge in [-0.25, -0.2) is 4.79 Å². The van der Waals surface area contributed by atoms with Gasteiger partial charge < -0.3 is 15.4 Å². The molecule has 0 aliphatic carbocycles. The van der Waals surface area contributed by atoms with Crippen molar-refractivity contribution in [3.63, 3.8) is 0 Å². The number of thiocarbonyl (C=S) groups is 1. The number of rotatable bonds is 4. The van der Waals surface area contributed by atoms with Crippen molar-refractivity contribution >= 4 is 29.5 Å². The molecule has 0 bridgehead atoms. The number of aromatic nitrogens is 1. The topological polar surface area (TPSA) is 92.6 Å². The lowest BCUT2D eigenvalue weighted by Gasteiger charge is -2.13. The van der Waals surface area contributed by atoms with Gasteiger partial charge in [0.2, 0.25) is 0 Å². The lowest BCUT2D eigenvalue weighted by atomic mass is 10.1. The number of nitrogens with two attached hydrogens (primary N) is 1. The molecule has 2 aromatic rings. The highest BCUT2D eigenvalue weighted by Crippen LogP contribution is 2.23. The third-order valence-electron chi connectivity index (χ3n) is 3.53. The van der Waals surface area contributed by atoms with Crippen LogP contribution in [0, 0.1) is 20.8 Å². The molecule has 0 atom stereocenters. The van der Waals surface area contributed by atoms with Crippen LogP contribution in [0.15, 0.2) is 29.4 Å². The second-order valence-electron chi connectivity index (χ2n) is 5.20. The summed E-state index contributed by atoms with van der Waals surface area (Å²) < 4.78 is 2.06. The van der Waals surface area contributed by atoms with Gasteiger partial charge in [-0.15, -0.1) is 0 Å². The van der Waals surface area contributed by atoms with E-state index < -0.39 is 5.97 Å². The van der Waals surface area contributed by atoms with E-state index in [0.29, 0.717) is 0 Å². The molecule has 0 fully saturated rings. The minimum Gasteiger partial charge on any atom is -0.478 e. The van der Waals surface area contributed by atoms with Gasteiger partial charge in [-0.1, -0.05) is 0 Å². The molecule has 1 aromatic carbocycles. The van der Waals surface area contributed by atoms with Crippen LogP contribution in [0.5, 0.6) is 0 Å². The number of carboxylic acid groups (broad SMARTS) is 1. The molecule has 6 nitrogen and oxygen atoms in total. The van der Waals surface area contributed by atoms with E-state index in [1.807, 2.05) is 32.9 Å². The first-order valence-corrected chi connectivity index (χ1v) is 7.34. The summed E-state index contributed by atoms with van der Waals surface area (Å²) in [5.41, 5.74) is 12.9. The lowest BCUT2D eigenvalue weighted by molar-refractivity contribution is 0.0697. The van der Waals surface area contributed by atoms with Gasteiger partial charge in [-0.2, -0.15) is 5.10 Å². The lowest BCUT2D eigenvalue weighted by Crippen LogP contribution is -2.24. The van der Waals surface area contributed by atoms with Crippen molar-refractivity contribution in [3.8, 4) is 5.69 Å². The summed E-state index contributed by atoms with van der Waals surface area (Å²) in [4.78, 5) is 11.1. The van der Waals surface area contributed by atoms with Crippen molar-refractivity contribution in [2.45, 2.75) is 20.8 Å². The van der Waals surface area contributed by atoms with E-state index in [2.05, 4.69) is 15.1 Å². The Bertz CT molecular complexity index is 809. The summed E-state index contributed by atoms with van der Waals surface area (Å²) in [6.07, 6.45) is 1.65. The Morgan fingerprint density at radius 2 is 2.04 bits per heavy atom.